The smallest absolute Gasteiger partial charge is 0.269 e. The van der Waals surface area contributed by atoms with Crippen LogP contribution in [-0.4, -0.2) is 30.1 Å². The summed E-state index contributed by atoms with van der Waals surface area (Å²) in [7, 11) is 0. The standard InChI is InChI=1S/C17H17ClN2O3S/c18-12-2-4-13(5-3-12)20-16(22)14(15(21)19-17(20)24)6-1-11-7-9-23-10-8-11/h2-6,11H,1,7-10H2,(H,19,21,24)/b14-6+. The molecule has 2 fully saturated rings. The average Bonchev–Trinajstić information content (AvgIpc) is 2.57. The van der Waals surface area contributed by atoms with Crippen LogP contribution in [0.2, 0.25) is 5.02 Å². The zero-order valence-corrected chi connectivity index (χ0v) is 14.5. The van der Waals surface area contributed by atoms with E-state index in [0.29, 0.717) is 23.0 Å². The Morgan fingerprint density at radius 2 is 1.92 bits per heavy atom. The number of hydrogen-bond acceptors (Lipinski definition) is 4. The normalized spacial score (nSPS) is 21.3. The zero-order valence-electron chi connectivity index (χ0n) is 13.0. The molecule has 0 aromatic heterocycles. The van der Waals surface area contributed by atoms with Crippen LogP contribution in [0.1, 0.15) is 19.3 Å². The lowest BCUT2D eigenvalue weighted by molar-refractivity contribution is -0.122. The molecule has 0 unspecified atom stereocenters. The zero-order chi connectivity index (χ0) is 17.1. The molecule has 2 aliphatic rings. The van der Waals surface area contributed by atoms with Crippen LogP contribution < -0.4 is 10.2 Å². The van der Waals surface area contributed by atoms with E-state index in [1.165, 1.54) is 4.90 Å². The predicted octanol–water partition coefficient (Wildman–Crippen LogP) is 2.83. The largest absolute Gasteiger partial charge is 0.381 e. The van der Waals surface area contributed by atoms with E-state index in [-0.39, 0.29) is 10.7 Å². The molecule has 2 aliphatic heterocycles. The van der Waals surface area contributed by atoms with Crippen molar-refractivity contribution < 1.29 is 14.3 Å². The van der Waals surface area contributed by atoms with Gasteiger partial charge in [-0.3, -0.25) is 19.8 Å². The Balaban J connectivity index is 1.81. The minimum atomic E-state index is -0.442. The summed E-state index contributed by atoms with van der Waals surface area (Å²) < 4.78 is 5.33. The summed E-state index contributed by atoms with van der Waals surface area (Å²) in [6.45, 7) is 1.46. The van der Waals surface area contributed by atoms with Gasteiger partial charge in [-0.15, -0.1) is 0 Å². The quantitative estimate of drug-likeness (QED) is 0.509. The minimum Gasteiger partial charge on any atom is -0.381 e. The van der Waals surface area contributed by atoms with E-state index in [4.69, 9.17) is 28.6 Å². The van der Waals surface area contributed by atoms with Gasteiger partial charge in [0.05, 0.1) is 5.69 Å². The number of carbonyl (C=O) groups is 2. The molecule has 24 heavy (non-hydrogen) atoms. The van der Waals surface area contributed by atoms with Gasteiger partial charge in [0.2, 0.25) is 0 Å². The second kappa shape index (κ2) is 7.42. The van der Waals surface area contributed by atoms with E-state index in [0.717, 1.165) is 26.1 Å². The van der Waals surface area contributed by atoms with Crippen LogP contribution in [0, 0.1) is 5.92 Å². The number of allylic oxidation sites excluding steroid dienone is 1. The Morgan fingerprint density at radius 3 is 2.58 bits per heavy atom. The van der Waals surface area contributed by atoms with E-state index in [9.17, 15) is 9.59 Å². The van der Waals surface area contributed by atoms with Crippen molar-refractivity contribution in [2.24, 2.45) is 5.92 Å². The van der Waals surface area contributed by atoms with Crippen molar-refractivity contribution in [3.05, 3.63) is 40.9 Å². The molecule has 0 aliphatic carbocycles. The maximum atomic E-state index is 12.8. The molecule has 0 saturated carbocycles. The van der Waals surface area contributed by atoms with E-state index >= 15 is 0 Å². The third-order valence-electron chi connectivity index (χ3n) is 4.18. The van der Waals surface area contributed by atoms with Crippen molar-refractivity contribution in [3.63, 3.8) is 0 Å². The highest BCUT2D eigenvalue weighted by Gasteiger charge is 2.34. The number of nitrogens with one attached hydrogen (secondary N) is 1. The number of amides is 2. The molecule has 5 nitrogen and oxygen atoms in total. The number of hydrogen-bond donors (Lipinski definition) is 1. The first-order valence-corrected chi connectivity index (χ1v) is 8.58. The molecule has 2 amide bonds. The Hall–Kier alpha value is -1.76. The van der Waals surface area contributed by atoms with Gasteiger partial charge in [0.25, 0.3) is 11.8 Å². The van der Waals surface area contributed by atoms with Crippen molar-refractivity contribution in [2.45, 2.75) is 19.3 Å². The van der Waals surface area contributed by atoms with Gasteiger partial charge in [-0.25, -0.2) is 0 Å². The monoisotopic (exact) mass is 364 g/mol. The third-order valence-corrected chi connectivity index (χ3v) is 4.72. The number of ether oxygens (including phenoxy) is 1. The maximum absolute atomic E-state index is 12.8. The van der Waals surface area contributed by atoms with E-state index < -0.39 is 11.8 Å². The van der Waals surface area contributed by atoms with Gasteiger partial charge in [-0.1, -0.05) is 17.7 Å². The molecular weight excluding hydrogens is 348 g/mol. The van der Waals surface area contributed by atoms with E-state index in [1.54, 1.807) is 30.3 Å². The Kier molecular flexibility index (Phi) is 5.28. The average molecular weight is 365 g/mol. The van der Waals surface area contributed by atoms with Gasteiger partial charge >= 0.3 is 0 Å². The molecule has 1 N–H and O–H groups in total. The topological polar surface area (TPSA) is 58.6 Å². The van der Waals surface area contributed by atoms with E-state index in [2.05, 4.69) is 5.32 Å². The Bertz CT molecular complexity index is 696. The van der Waals surface area contributed by atoms with Crippen molar-refractivity contribution in [2.75, 3.05) is 18.1 Å². The summed E-state index contributed by atoms with van der Waals surface area (Å²) in [4.78, 5) is 26.2. The van der Waals surface area contributed by atoms with Crippen LogP contribution in [0.15, 0.2) is 35.9 Å². The lowest BCUT2D eigenvalue weighted by Gasteiger charge is -2.29. The van der Waals surface area contributed by atoms with E-state index in [1.807, 2.05) is 0 Å². The van der Waals surface area contributed by atoms with Crippen LogP contribution in [-0.2, 0) is 14.3 Å². The van der Waals surface area contributed by atoms with Crippen molar-refractivity contribution in [1.29, 1.82) is 0 Å². The van der Waals surface area contributed by atoms with Gasteiger partial charge in [-0.05, 0) is 61.7 Å². The van der Waals surface area contributed by atoms with Gasteiger partial charge in [0, 0.05) is 18.2 Å². The molecule has 2 heterocycles. The van der Waals surface area contributed by atoms with Crippen LogP contribution in [0.4, 0.5) is 5.69 Å². The summed E-state index contributed by atoms with van der Waals surface area (Å²) >= 11 is 11.0. The number of anilines is 1. The van der Waals surface area contributed by atoms with Crippen LogP contribution in [0.5, 0.6) is 0 Å². The van der Waals surface area contributed by atoms with Crippen molar-refractivity contribution in [1.82, 2.24) is 5.32 Å². The number of rotatable bonds is 3. The highest BCUT2D eigenvalue weighted by molar-refractivity contribution is 7.80. The number of halogens is 1. The molecule has 0 radical (unpaired) electrons. The van der Waals surface area contributed by atoms with Gasteiger partial charge < -0.3 is 4.74 Å². The van der Waals surface area contributed by atoms with Crippen LogP contribution >= 0.6 is 23.8 Å². The Morgan fingerprint density at radius 1 is 1.25 bits per heavy atom. The summed E-state index contributed by atoms with van der Waals surface area (Å²) in [5.41, 5.74) is 0.705. The molecule has 126 valence electrons. The molecule has 7 heteroatoms. The fourth-order valence-corrected chi connectivity index (χ4v) is 3.21. The van der Waals surface area contributed by atoms with Crippen molar-refractivity contribution in [3.8, 4) is 0 Å². The highest BCUT2D eigenvalue weighted by Crippen LogP contribution is 2.24. The number of thiocarbonyl (C=S) groups is 1. The maximum Gasteiger partial charge on any atom is 0.269 e. The molecule has 1 aromatic carbocycles. The van der Waals surface area contributed by atoms with Crippen LogP contribution in [0.25, 0.3) is 0 Å². The SMILES string of the molecule is O=C1NC(=S)N(c2ccc(Cl)cc2)C(=O)/C1=C/CC1CCOCC1. The molecule has 0 bridgehead atoms. The fourth-order valence-electron chi connectivity index (χ4n) is 2.80. The lowest BCUT2D eigenvalue weighted by Crippen LogP contribution is -2.54. The number of benzene rings is 1. The second-order valence-electron chi connectivity index (χ2n) is 5.79. The molecule has 3 rings (SSSR count). The van der Waals surface area contributed by atoms with Gasteiger partial charge in [0.15, 0.2) is 5.11 Å². The summed E-state index contributed by atoms with van der Waals surface area (Å²) in [5, 5.41) is 3.22. The first kappa shape index (κ1) is 17.1. The first-order chi connectivity index (χ1) is 11.6. The minimum absolute atomic E-state index is 0.0792. The third kappa shape index (κ3) is 3.66. The lowest BCUT2D eigenvalue weighted by atomic mass is 9.95. The highest BCUT2D eigenvalue weighted by atomic mass is 35.5. The number of nitrogens with zero attached hydrogens (tertiary/aromatic N) is 1. The molecule has 2 saturated heterocycles. The summed E-state index contributed by atoms with van der Waals surface area (Å²) in [6, 6.07) is 6.74. The van der Waals surface area contributed by atoms with Gasteiger partial charge in [-0.2, -0.15) is 0 Å². The molecular formula is C17H17ClN2O3S. The number of carbonyl (C=O) groups excluding carboxylic acids is 2. The van der Waals surface area contributed by atoms with Gasteiger partial charge in [0.1, 0.15) is 5.57 Å². The molecule has 0 spiro atoms. The first-order valence-electron chi connectivity index (χ1n) is 7.79. The summed E-state index contributed by atoms with van der Waals surface area (Å²) in [5.74, 6) is -0.412. The summed E-state index contributed by atoms with van der Waals surface area (Å²) in [6.07, 6.45) is 4.29. The molecule has 1 aromatic rings. The predicted molar refractivity (Wildman–Crippen MR) is 95.9 cm³/mol. The Labute approximate surface area is 150 Å². The van der Waals surface area contributed by atoms with Crippen molar-refractivity contribution >= 4 is 46.4 Å². The fraction of sp³-hybridized carbons (Fsp3) is 0.353. The second-order valence-corrected chi connectivity index (χ2v) is 6.61. The molecule has 0 atom stereocenters. The van der Waals surface area contributed by atoms with Crippen LogP contribution in [0.3, 0.4) is 0 Å².